The summed E-state index contributed by atoms with van der Waals surface area (Å²) in [6.07, 6.45) is 4.63. The highest BCUT2D eigenvalue weighted by Crippen LogP contribution is 2.46. The molecule has 0 saturated carbocycles. The molecule has 1 aromatic carbocycles. The SMILES string of the molecule is C=CC(=CC)CN1CCC2(CC1)Oc1ccccc1C(OC(C)C)C2O. The predicted octanol–water partition coefficient (Wildman–Crippen LogP) is 3.87. The number of ether oxygens (including phenoxy) is 2. The van der Waals surface area contributed by atoms with Crippen LogP contribution in [0.25, 0.3) is 0 Å². The number of aliphatic hydroxyl groups excluding tert-OH is 1. The van der Waals surface area contributed by atoms with Gasteiger partial charge in [0.1, 0.15) is 23.6 Å². The molecule has 2 unspecified atom stereocenters. The molecule has 0 aromatic heterocycles. The first-order chi connectivity index (χ1) is 12.5. The van der Waals surface area contributed by atoms with E-state index in [0.29, 0.717) is 0 Å². The number of allylic oxidation sites excluding steroid dienone is 1. The molecule has 2 heterocycles. The third-order valence-electron chi connectivity index (χ3n) is 5.52. The lowest BCUT2D eigenvalue weighted by atomic mass is 9.79. The number of rotatable bonds is 5. The maximum atomic E-state index is 11.2. The van der Waals surface area contributed by atoms with E-state index >= 15 is 0 Å². The molecular weight excluding hydrogens is 326 g/mol. The van der Waals surface area contributed by atoms with Gasteiger partial charge in [0.05, 0.1) is 6.10 Å². The van der Waals surface area contributed by atoms with Crippen LogP contribution >= 0.6 is 0 Å². The molecule has 2 atom stereocenters. The molecule has 26 heavy (non-hydrogen) atoms. The van der Waals surface area contributed by atoms with Crippen molar-refractivity contribution in [2.45, 2.75) is 57.5 Å². The van der Waals surface area contributed by atoms with Crippen LogP contribution in [0.5, 0.6) is 5.75 Å². The van der Waals surface area contributed by atoms with Crippen LogP contribution < -0.4 is 4.74 Å². The second kappa shape index (κ2) is 7.95. The highest BCUT2D eigenvalue weighted by atomic mass is 16.5. The Morgan fingerprint density at radius 2 is 2.08 bits per heavy atom. The molecule has 4 nitrogen and oxygen atoms in total. The number of nitrogens with zero attached hydrogens (tertiary/aromatic N) is 1. The summed E-state index contributed by atoms with van der Waals surface area (Å²) in [6, 6.07) is 7.94. The first kappa shape index (κ1) is 19.2. The van der Waals surface area contributed by atoms with E-state index in [2.05, 4.69) is 17.6 Å². The van der Waals surface area contributed by atoms with Crippen LogP contribution in [0, 0.1) is 0 Å². The van der Waals surface area contributed by atoms with Gasteiger partial charge in [-0.3, -0.25) is 4.90 Å². The minimum absolute atomic E-state index is 0.0442. The van der Waals surface area contributed by atoms with E-state index in [0.717, 1.165) is 43.8 Å². The first-order valence-electron chi connectivity index (χ1n) is 9.60. The topological polar surface area (TPSA) is 41.9 Å². The fourth-order valence-electron chi connectivity index (χ4n) is 3.99. The van der Waals surface area contributed by atoms with Crippen molar-refractivity contribution in [1.29, 1.82) is 0 Å². The van der Waals surface area contributed by atoms with Gasteiger partial charge in [-0.1, -0.05) is 36.9 Å². The fraction of sp³-hybridized carbons (Fsp3) is 0.545. The van der Waals surface area contributed by atoms with E-state index in [9.17, 15) is 5.11 Å². The van der Waals surface area contributed by atoms with Crippen LogP contribution in [0.15, 0.2) is 48.6 Å². The second-order valence-corrected chi connectivity index (χ2v) is 7.60. The standard InChI is InChI=1S/C22H31NO3/c1-5-17(6-2)15-23-13-11-22(12-14-23)21(24)20(25-16(3)4)18-9-7-8-10-19(18)26-22/h5-10,16,20-21,24H,1,11-15H2,2-4H3. The average molecular weight is 357 g/mol. The highest BCUT2D eigenvalue weighted by molar-refractivity contribution is 5.40. The molecule has 142 valence electrons. The van der Waals surface area contributed by atoms with Gasteiger partial charge >= 0.3 is 0 Å². The molecule has 2 aliphatic heterocycles. The van der Waals surface area contributed by atoms with Crippen molar-refractivity contribution in [1.82, 2.24) is 4.90 Å². The molecule has 1 saturated heterocycles. The molecule has 1 aromatic rings. The molecule has 0 radical (unpaired) electrons. The predicted molar refractivity (Wildman–Crippen MR) is 104 cm³/mol. The van der Waals surface area contributed by atoms with Crippen LogP contribution in [-0.4, -0.2) is 47.4 Å². The summed E-state index contributed by atoms with van der Waals surface area (Å²) in [4.78, 5) is 2.40. The number of benzene rings is 1. The third-order valence-corrected chi connectivity index (χ3v) is 5.52. The Kier molecular flexibility index (Phi) is 5.86. The van der Waals surface area contributed by atoms with E-state index in [1.807, 2.05) is 51.1 Å². The maximum absolute atomic E-state index is 11.2. The third kappa shape index (κ3) is 3.73. The smallest absolute Gasteiger partial charge is 0.140 e. The number of hydrogen-bond acceptors (Lipinski definition) is 4. The minimum atomic E-state index is -0.664. The molecule has 0 aliphatic carbocycles. The maximum Gasteiger partial charge on any atom is 0.140 e. The molecule has 3 rings (SSSR count). The van der Waals surface area contributed by atoms with Gasteiger partial charge in [0.25, 0.3) is 0 Å². The van der Waals surface area contributed by atoms with Crippen molar-refractivity contribution in [3.8, 4) is 5.75 Å². The summed E-state index contributed by atoms with van der Waals surface area (Å²) < 4.78 is 12.5. The second-order valence-electron chi connectivity index (χ2n) is 7.60. The fourth-order valence-corrected chi connectivity index (χ4v) is 3.99. The summed E-state index contributed by atoms with van der Waals surface area (Å²) in [5, 5.41) is 11.2. The van der Waals surface area contributed by atoms with Gasteiger partial charge in [0.15, 0.2) is 0 Å². The van der Waals surface area contributed by atoms with Gasteiger partial charge in [-0.05, 0) is 32.4 Å². The Bertz CT molecular complexity index is 659. The lowest BCUT2D eigenvalue weighted by Gasteiger charge is -2.50. The van der Waals surface area contributed by atoms with Gasteiger partial charge in [-0.25, -0.2) is 0 Å². The normalized spacial score (nSPS) is 25.8. The van der Waals surface area contributed by atoms with Gasteiger partial charge in [0.2, 0.25) is 0 Å². The average Bonchev–Trinajstić information content (AvgIpc) is 2.65. The number of fused-ring (bicyclic) bond motifs is 1. The van der Waals surface area contributed by atoms with Crippen LogP contribution in [0.2, 0.25) is 0 Å². The summed E-state index contributed by atoms with van der Waals surface area (Å²) in [5.74, 6) is 0.845. The molecular formula is C22H31NO3. The number of para-hydroxylation sites is 1. The lowest BCUT2D eigenvalue weighted by Crippen LogP contribution is -2.59. The zero-order valence-electron chi connectivity index (χ0n) is 16.1. The molecule has 2 aliphatic rings. The van der Waals surface area contributed by atoms with Crippen molar-refractivity contribution in [2.75, 3.05) is 19.6 Å². The lowest BCUT2D eigenvalue weighted by molar-refractivity contribution is -0.175. The first-order valence-corrected chi connectivity index (χ1v) is 9.60. The minimum Gasteiger partial charge on any atom is -0.484 e. The Labute approximate surface area is 157 Å². The summed E-state index contributed by atoms with van der Waals surface area (Å²) in [6.45, 7) is 12.6. The number of likely N-dealkylation sites (tertiary alicyclic amines) is 1. The van der Waals surface area contributed by atoms with Crippen LogP contribution in [-0.2, 0) is 4.74 Å². The molecule has 1 fully saturated rings. The summed E-state index contributed by atoms with van der Waals surface area (Å²) in [5.41, 5.74) is 1.61. The van der Waals surface area contributed by atoms with E-state index in [4.69, 9.17) is 9.47 Å². The highest BCUT2D eigenvalue weighted by Gasteiger charge is 2.51. The van der Waals surface area contributed by atoms with Gasteiger partial charge in [-0.2, -0.15) is 0 Å². The summed E-state index contributed by atoms with van der Waals surface area (Å²) in [7, 11) is 0. The Hall–Kier alpha value is -1.62. The molecule has 0 amide bonds. The zero-order chi connectivity index (χ0) is 18.7. The quantitative estimate of drug-likeness (QED) is 0.812. The van der Waals surface area contributed by atoms with Crippen molar-refractivity contribution < 1.29 is 14.6 Å². The molecule has 4 heteroatoms. The Morgan fingerprint density at radius 1 is 1.38 bits per heavy atom. The van der Waals surface area contributed by atoms with Crippen molar-refractivity contribution in [2.24, 2.45) is 0 Å². The van der Waals surface area contributed by atoms with E-state index in [1.54, 1.807) is 0 Å². The largest absolute Gasteiger partial charge is 0.484 e. The van der Waals surface area contributed by atoms with Crippen molar-refractivity contribution in [3.63, 3.8) is 0 Å². The van der Waals surface area contributed by atoms with Crippen molar-refractivity contribution >= 4 is 0 Å². The Morgan fingerprint density at radius 3 is 2.69 bits per heavy atom. The van der Waals surface area contributed by atoms with E-state index in [-0.39, 0.29) is 12.2 Å². The van der Waals surface area contributed by atoms with Gasteiger partial charge < -0.3 is 14.6 Å². The van der Waals surface area contributed by atoms with E-state index in [1.165, 1.54) is 5.57 Å². The number of aliphatic hydroxyl groups is 1. The number of piperidine rings is 1. The zero-order valence-corrected chi connectivity index (χ0v) is 16.1. The Balaban J connectivity index is 1.79. The van der Waals surface area contributed by atoms with Crippen LogP contribution in [0.4, 0.5) is 0 Å². The number of hydrogen-bond donors (Lipinski definition) is 1. The molecule has 0 bridgehead atoms. The van der Waals surface area contributed by atoms with Crippen LogP contribution in [0.1, 0.15) is 45.3 Å². The monoisotopic (exact) mass is 357 g/mol. The van der Waals surface area contributed by atoms with Gasteiger partial charge in [-0.15, -0.1) is 0 Å². The van der Waals surface area contributed by atoms with Crippen LogP contribution in [0.3, 0.4) is 0 Å². The molecule has 1 spiro atoms. The van der Waals surface area contributed by atoms with E-state index < -0.39 is 11.7 Å². The molecule has 1 N–H and O–H groups in total. The van der Waals surface area contributed by atoms with Crippen molar-refractivity contribution in [3.05, 3.63) is 54.1 Å². The summed E-state index contributed by atoms with van der Waals surface area (Å²) >= 11 is 0. The van der Waals surface area contributed by atoms with Gasteiger partial charge in [0, 0.05) is 38.0 Å².